The highest BCUT2D eigenvalue weighted by molar-refractivity contribution is 7.98. The van der Waals surface area contributed by atoms with Gasteiger partial charge in [-0.25, -0.2) is 0 Å². The molecule has 0 bridgehead atoms. The molecule has 2 aromatic rings. The first-order valence-corrected chi connectivity index (χ1v) is 8.00. The second-order valence-electron chi connectivity index (χ2n) is 4.57. The Hall–Kier alpha value is -2.01. The highest BCUT2D eigenvalue weighted by Crippen LogP contribution is 2.19. The van der Waals surface area contributed by atoms with Gasteiger partial charge in [0, 0.05) is 36.1 Å². The van der Waals surface area contributed by atoms with Gasteiger partial charge in [0.15, 0.2) is 0 Å². The number of thioether (sulfide) groups is 1. The van der Waals surface area contributed by atoms with Crippen LogP contribution in [0.5, 0.6) is 0 Å². The van der Waals surface area contributed by atoms with Gasteiger partial charge in [0.25, 0.3) is 5.91 Å². The molecule has 0 atom stereocenters. The number of pyridine rings is 1. The largest absolute Gasteiger partial charge is 0.383 e. The van der Waals surface area contributed by atoms with Gasteiger partial charge < -0.3 is 10.6 Å². The van der Waals surface area contributed by atoms with Crippen molar-refractivity contribution in [1.82, 2.24) is 10.3 Å². The molecule has 4 nitrogen and oxygen atoms in total. The second kappa shape index (κ2) is 7.69. The lowest BCUT2D eigenvalue weighted by atomic mass is 10.2. The molecule has 0 saturated heterocycles. The predicted molar refractivity (Wildman–Crippen MR) is 88.0 cm³/mol. The van der Waals surface area contributed by atoms with Gasteiger partial charge in [0.05, 0.1) is 5.56 Å². The summed E-state index contributed by atoms with van der Waals surface area (Å²) in [6.45, 7) is 3.25. The summed E-state index contributed by atoms with van der Waals surface area (Å²) in [4.78, 5) is 17.2. The fraction of sp³-hybridized carbons (Fsp3) is 0.250. The molecule has 0 unspecified atom stereocenters. The quantitative estimate of drug-likeness (QED) is 0.636. The van der Waals surface area contributed by atoms with Gasteiger partial charge in [-0.2, -0.15) is 0 Å². The average Bonchev–Trinajstić information content (AvgIpc) is 2.52. The number of carbonyl (C=O) groups is 1. The summed E-state index contributed by atoms with van der Waals surface area (Å²) in [7, 11) is 0. The smallest absolute Gasteiger partial charge is 0.252 e. The minimum absolute atomic E-state index is 0.0341. The molecule has 110 valence electrons. The van der Waals surface area contributed by atoms with Crippen LogP contribution in [0.2, 0.25) is 0 Å². The van der Waals surface area contributed by atoms with E-state index in [4.69, 9.17) is 0 Å². The average molecular weight is 301 g/mol. The van der Waals surface area contributed by atoms with E-state index in [9.17, 15) is 4.79 Å². The molecular formula is C16H19N3OS. The summed E-state index contributed by atoms with van der Waals surface area (Å²) in [6, 6.07) is 9.56. The molecule has 1 aromatic carbocycles. The lowest BCUT2D eigenvalue weighted by Crippen LogP contribution is -2.29. The number of rotatable bonds is 6. The first kappa shape index (κ1) is 15.4. The summed E-state index contributed by atoms with van der Waals surface area (Å²) < 4.78 is 0. The number of aromatic nitrogens is 1. The highest BCUT2D eigenvalue weighted by atomic mass is 32.2. The molecular weight excluding hydrogens is 282 g/mol. The summed E-state index contributed by atoms with van der Waals surface area (Å²) >= 11 is 1.58. The number of nitrogens with zero attached hydrogens (tertiary/aromatic N) is 1. The predicted octanol–water partition coefficient (Wildman–Crippen LogP) is 2.95. The van der Waals surface area contributed by atoms with Gasteiger partial charge in [-0.05, 0) is 36.9 Å². The zero-order valence-corrected chi connectivity index (χ0v) is 13.0. The second-order valence-corrected chi connectivity index (χ2v) is 5.42. The number of hydrogen-bond acceptors (Lipinski definition) is 4. The van der Waals surface area contributed by atoms with E-state index in [1.54, 1.807) is 18.0 Å². The van der Waals surface area contributed by atoms with E-state index < -0.39 is 0 Å². The number of benzene rings is 1. The molecule has 0 aliphatic rings. The Morgan fingerprint density at radius 2 is 2.05 bits per heavy atom. The molecule has 0 saturated carbocycles. The molecule has 1 heterocycles. The number of aryl methyl sites for hydroxylation is 1. The van der Waals surface area contributed by atoms with Crippen LogP contribution < -0.4 is 10.6 Å². The van der Waals surface area contributed by atoms with Crippen molar-refractivity contribution in [2.75, 3.05) is 24.7 Å². The van der Waals surface area contributed by atoms with Gasteiger partial charge in [-0.15, -0.1) is 11.8 Å². The molecule has 0 aliphatic heterocycles. The Balaban J connectivity index is 1.83. The van der Waals surface area contributed by atoms with Crippen LogP contribution in [0.4, 0.5) is 5.69 Å². The van der Waals surface area contributed by atoms with E-state index in [1.165, 1.54) is 0 Å². The molecule has 1 amide bonds. The van der Waals surface area contributed by atoms with Gasteiger partial charge in [0.1, 0.15) is 0 Å². The van der Waals surface area contributed by atoms with Crippen molar-refractivity contribution in [2.45, 2.75) is 11.8 Å². The van der Waals surface area contributed by atoms with Crippen LogP contribution >= 0.6 is 11.8 Å². The Kier molecular flexibility index (Phi) is 5.63. The van der Waals surface area contributed by atoms with Crippen molar-refractivity contribution in [2.24, 2.45) is 0 Å². The number of amides is 1. The van der Waals surface area contributed by atoms with Crippen molar-refractivity contribution in [3.05, 3.63) is 53.9 Å². The first-order chi connectivity index (χ1) is 10.2. The van der Waals surface area contributed by atoms with E-state index in [1.807, 2.05) is 49.7 Å². The van der Waals surface area contributed by atoms with E-state index in [-0.39, 0.29) is 5.91 Å². The maximum absolute atomic E-state index is 12.1. The monoisotopic (exact) mass is 301 g/mol. The molecule has 2 rings (SSSR count). The zero-order valence-electron chi connectivity index (χ0n) is 12.2. The molecule has 0 fully saturated rings. The van der Waals surface area contributed by atoms with Crippen molar-refractivity contribution in [3.8, 4) is 0 Å². The lowest BCUT2D eigenvalue weighted by Gasteiger charge is -2.11. The Bertz CT molecular complexity index is 616. The van der Waals surface area contributed by atoms with Crippen molar-refractivity contribution in [1.29, 1.82) is 0 Å². The fourth-order valence-electron chi connectivity index (χ4n) is 1.97. The molecule has 0 radical (unpaired) electrons. The molecule has 1 aromatic heterocycles. The van der Waals surface area contributed by atoms with Crippen LogP contribution in [0.3, 0.4) is 0 Å². The van der Waals surface area contributed by atoms with E-state index >= 15 is 0 Å². The maximum Gasteiger partial charge on any atom is 0.252 e. The van der Waals surface area contributed by atoms with E-state index in [0.29, 0.717) is 13.1 Å². The van der Waals surface area contributed by atoms with Crippen LogP contribution in [0.1, 0.15) is 15.9 Å². The van der Waals surface area contributed by atoms with Gasteiger partial charge in [-0.3, -0.25) is 9.78 Å². The fourth-order valence-corrected chi connectivity index (χ4v) is 2.57. The topological polar surface area (TPSA) is 54.0 Å². The number of anilines is 1. The van der Waals surface area contributed by atoms with Crippen LogP contribution in [-0.4, -0.2) is 30.2 Å². The van der Waals surface area contributed by atoms with Crippen LogP contribution in [0.25, 0.3) is 0 Å². The molecule has 0 aliphatic carbocycles. The van der Waals surface area contributed by atoms with Gasteiger partial charge in [0.2, 0.25) is 0 Å². The van der Waals surface area contributed by atoms with E-state index in [2.05, 4.69) is 15.6 Å². The van der Waals surface area contributed by atoms with Crippen LogP contribution in [-0.2, 0) is 0 Å². The lowest BCUT2D eigenvalue weighted by molar-refractivity contribution is 0.0952. The third-order valence-corrected chi connectivity index (χ3v) is 3.89. The normalized spacial score (nSPS) is 10.2. The summed E-state index contributed by atoms with van der Waals surface area (Å²) in [6.07, 6.45) is 5.54. The minimum atomic E-state index is -0.0341. The summed E-state index contributed by atoms with van der Waals surface area (Å²) in [5.41, 5.74) is 2.87. The minimum Gasteiger partial charge on any atom is -0.383 e. The summed E-state index contributed by atoms with van der Waals surface area (Å²) in [5, 5.41) is 6.22. The molecule has 0 spiro atoms. The third-order valence-electron chi connectivity index (χ3n) is 3.10. The van der Waals surface area contributed by atoms with Gasteiger partial charge >= 0.3 is 0 Å². The number of hydrogen-bond donors (Lipinski definition) is 2. The van der Waals surface area contributed by atoms with Crippen molar-refractivity contribution in [3.63, 3.8) is 0 Å². The SMILES string of the molecule is CSc1ccccc1C(=O)NCCNc1ccncc1C. The highest BCUT2D eigenvalue weighted by Gasteiger charge is 2.09. The Labute approximate surface area is 129 Å². The summed E-state index contributed by atoms with van der Waals surface area (Å²) in [5.74, 6) is -0.0341. The van der Waals surface area contributed by atoms with Gasteiger partial charge in [-0.1, -0.05) is 12.1 Å². The first-order valence-electron chi connectivity index (χ1n) is 6.78. The van der Waals surface area contributed by atoms with Crippen molar-refractivity contribution >= 4 is 23.4 Å². The number of nitrogens with one attached hydrogen (secondary N) is 2. The standard InChI is InChI=1S/C16H19N3OS/c1-12-11-17-8-7-14(12)18-9-10-19-16(20)13-5-3-4-6-15(13)21-2/h3-8,11H,9-10H2,1-2H3,(H,17,18)(H,19,20). The Morgan fingerprint density at radius 3 is 2.81 bits per heavy atom. The molecule has 2 N–H and O–H groups in total. The Morgan fingerprint density at radius 1 is 1.24 bits per heavy atom. The van der Waals surface area contributed by atoms with Crippen molar-refractivity contribution < 1.29 is 4.79 Å². The van der Waals surface area contributed by atoms with E-state index in [0.717, 1.165) is 21.7 Å². The third kappa shape index (κ3) is 4.23. The zero-order chi connectivity index (χ0) is 15.1. The maximum atomic E-state index is 12.1. The van der Waals surface area contributed by atoms with Crippen LogP contribution in [0.15, 0.2) is 47.6 Å². The molecule has 5 heteroatoms. The number of carbonyl (C=O) groups excluding carboxylic acids is 1. The van der Waals surface area contributed by atoms with Crippen LogP contribution in [0, 0.1) is 6.92 Å². The molecule has 21 heavy (non-hydrogen) atoms.